The van der Waals surface area contributed by atoms with E-state index in [1.54, 1.807) is 11.3 Å². The fourth-order valence-corrected chi connectivity index (χ4v) is 2.85. The van der Waals surface area contributed by atoms with Gasteiger partial charge in [0.25, 0.3) is 5.91 Å². The van der Waals surface area contributed by atoms with Gasteiger partial charge in [-0.05, 0) is 41.8 Å². The molecule has 0 bridgehead atoms. The molecule has 2 rings (SSSR count). The van der Waals surface area contributed by atoms with Crippen LogP contribution in [0.4, 0.5) is 5.82 Å². The van der Waals surface area contributed by atoms with E-state index in [4.69, 9.17) is 27.9 Å². The highest BCUT2D eigenvalue weighted by atomic mass is 35.5. The molecule has 2 aromatic rings. The van der Waals surface area contributed by atoms with Crippen molar-refractivity contribution in [3.8, 4) is 0 Å². The zero-order chi connectivity index (χ0) is 16.8. The van der Waals surface area contributed by atoms with Crippen LogP contribution in [0.25, 0.3) is 0 Å². The number of nitrogens with zero attached hydrogens (tertiary/aromatic N) is 1. The molecule has 0 aliphatic heterocycles. The van der Waals surface area contributed by atoms with Gasteiger partial charge in [-0.25, -0.2) is 4.98 Å². The second kappa shape index (κ2) is 8.29. The molecule has 1 amide bonds. The van der Waals surface area contributed by atoms with E-state index in [0.29, 0.717) is 11.4 Å². The Kier molecular flexibility index (Phi) is 6.38. The molecule has 0 aliphatic carbocycles. The lowest BCUT2D eigenvalue weighted by Gasteiger charge is -2.13. The fraction of sp³-hybridized carbons (Fsp3) is 0.267. The molecule has 1 atom stereocenters. The largest absolute Gasteiger partial charge is 0.453 e. The molecular formula is C15H14Cl2N2O3S. The van der Waals surface area contributed by atoms with Crippen LogP contribution in [-0.2, 0) is 20.7 Å². The monoisotopic (exact) mass is 372 g/mol. The Bertz CT molecular complexity index is 692. The lowest BCUT2D eigenvalue weighted by Crippen LogP contribution is -2.30. The van der Waals surface area contributed by atoms with E-state index in [0.717, 1.165) is 5.56 Å². The maximum absolute atomic E-state index is 12.0. The van der Waals surface area contributed by atoms with Gasteiger partial charge in [0, 0.05) is 12.6 Å². The molecule has 0 saturated heterocycles. The van der Waals surface area contributed by atoms with Crippen LogP contribution >= 0.6 is 34.5 Å². The minimum absolute atomic E-state index is 0.169. The molecule has 0 unspecified atom stereocenters. The third kappa shape index (κ3) is 5.49. The summed E-state index contributed by atoms with van der Waals surface area (Å²) < 4.78 is 5.10. The van der Waals surface area contributed by atoms with Crippen molar-refractivity contribution < 1.29 is 14.3 Å². The molecule has 1 N–H and O–H groups in total. The van der Waals surface area contributed by atoms with Gasteiger partial charge in [0.05, 0.1) is 10.0 Å². The minimum Gasteiger partial charge on any atom is -0.453 e. The Balaban J connectivity index is 1.83. The van der Waals surface area contributed by atoms with E-state index in [1.165, 1.54) is 19.2 Å². The number of rotatable bonds is 6. The summed E-state index contributed by atoms with van der Waals surface area (Å²) in [7, 11) is 0. The summed E-state index contributed by atoms with van der Waals surface area (Å²) in [4.78, 5) is 27.7. The Morgan fingerprint density at radius 3 is 2.87 bits per heavy atom. The van der Waals surface area contributed by atoms with Crippen LogP contribution < -0.4 is 5.32 Å². The van der Waals surface area contributed by atoms with Crippen LogP contribution in [0.3, 0.4) is 0 Å². The molecule has 23 heavy (non-hydrogen) atoms. The summed E-state index contributed by atoms with van der Waals surface area (Å²) in [5.74, 6) is -0.776. The molecule has 0 fully saturated rings. The quantitative estimate of drug-likeness (QED) is 0.779. The second-order valence-corrected chi connectivity index (χ2v) is 6.36. The number of aromatic nitrogens is 1. The van der Waals surface area contributed by atoms with Gasteiger partial charge < -0.3 is 10.1 Å². The topological polar surface area (TPSA) is 68.3 Å². The van der Waals surface area contributed by atoms with Crippen molar-refractivity contribution in [1.82, 2.24) is 4.98 Å². The smallest absolute Gasteiger partial charge is 0.306 e. The summed E-state index contributed by atoms with van der Waals surface area (Å²) in [6, 6.07) is 3.41. The van der Waals surface area contributed by atoms with Crippen molar-refractivity contribution in [2.45, 2.75) is 25.9 Å². The molecule has 2 aromatic heterocycles. The summed E-state index contributed by atoms with van der Waals surface area (Å²) in [6.45, 7) is 1.49. The lowest BCUT2D eigenvalue weighted by atomic mass is 10.2. The highest BCUT2D eigenvalue weighted by Gasteiger charge is 2.19. The Morgan fingerprint density at radius 2 is 2.22 bits per heavy atom. The zero-order valence-corrected chi connectivity index (χ0v) is 14.5. The van der Waals surface area contributed by atoms with Crippen LogP contribution in [-0.4, -0.2) is 23.0 Å². The standard InChI is InChI=1S/C15H14Cl2N2O3S/c1-9(22-13(20)3-2-10-4-5-23-8-10)15(21)19-14-12(17)6-11(16)7-18-14/h4-9H,2-3H2,1H3,(H,18,19,21)/t9-/m0/s1. The van der Waals surface area contributed by atoms with Crippen molar-refractivity contribution in [3.63, 3.8) is 0 Å². The SMILES string of the molecule is C[C@H](OC(=O)CCc1ccsc1)C(=O)Nc1ncc(Cl)cc1Cl. The molecule has 2 heterocycles. The molecule has 122 valence electrons. The van der Waals surface area contributed by atoms with Gasteiger partial charge in [-0.1, -0.05) is 23.2 Å². The third-order valence-electron chi connectivity index (χ3n) is 2.92. The number of nitrogens with one attached hydrogen (secondary N) is 1. The first-order valence-electron chi connectivity index (χ1n) is 6.78. The van der Waals surface area contributed by atoms with Crippen molar-refractivity contribution in [2.75, 3.05) is 5.32 Å². The lowest BCUT2D eigenvalue weighted by molar-refractivity contribution is -0.153. The van der Waals surface area contributed by atoms with E-state index in [9.17, 15) is 9.59 Å². The number of hydrogen-bond acceptors (Lipinski definition) is 5. The van der Waals surface area contributed by atoms with E-state index in [2.05, 4.69) is 10.3 Å². The van der Waals surface area contributed by atoms with Gasteiger partial charge >= 0.3 is 5.97 Å². The van der Waals surface area contributed by atoms with Crippen molar-refractivity contribution in [3.05, 3.63) is 44.7 Å². The number of ether oxygens (including phenoxy) is 1. The molecular weight excluding hydrogens is 359 g/mol. The van der Waals surface area contributed by atoms with E-state index in [1.807, 2.05) is 16.8 Å². The highest BCUT2D eigenvalue weighted by Crippen LogP contribution is 2.22. The predicted octanol–water partition coefficient (Wildman–Crippen LogP) is 3.95. The normalized spacial score (nSPS) is 11.8. The number of carbonyl (C=O) groups is 2. The van der Waals surface area contributed by atoms with Gasteiger partial charge in [0.1, 0.15) is 0 Å². The van der Waals surface area contributed by atoms with Crippen LogP contribution in [0.15, 0.2) is 29.1 Å². The number of esters is 1. The first kappa shape index (κ1) is 17.7. The molecule has 5 nitrogen and oxygen atoms in total. The number of anilines is 1. The zero-order valence-electron chi connectivity index (χ0n) is 12.2. The van der Waals surface area contributed by atoms with Gasteiger partial charge in [0.2, 0.25) is 0 Å². The van der Waals surface area contributed by atoms with Gasteiger partial charge in [-0.15, -0.1) is 0 Å². The van der Waals surface area contributed by atoms with E-state index in [-0.39, 0.29) is 17.3 Å². The second-order valence-electron chi connectivity index (χ2n) is 4.74. The van der Waals surface area contributed by atoms with Crippen molar-refractivity contribution >= 4 is 52.2 Å². The Labute approximate surface area is 147 Å². The number of amides is 1. The predicted molar refractivity (Wildman–Crippen MR) is 91.1 cm³/mol. The molecule has 8 heteroatoms. The molecule has 0 aromatic carbocycles. The number of pyridine rings is 1. The number of thiophene rings is 1. The maximum Gasteiger partial charge on any atom is 0.306 e. The van der Waals surface area contributed by atoms with E-state index < -0.39 is 18.0 Å². The van der Waals surface area contributed by atoms with Crippen LogP contribution in [0.2, 0.25) is 10.0 Å². The minimum atomic E-state index is -0.946. The summed E-state index contributed by atoms with van der Waals surface area (Å²) >= 11 is 13.2. The van der Waals surface area contributed by atoms with Crippen molar-refractivity contribution in [1.29, 1.82) is 0 Å². The number of carbonyl (C=O) groups excluding carboxylic acids is 2. The van der Waals surface area contributed by atoms with Gasteiger partial charge in [0.15, 0.2) is 11.9 Å². The Hall–Kier alpha value is -1.63. The van der Waals surface area contributed by atoms with Crippen molar-refractivity contribution in [2.24, 2.45) is 0 Å². The maximum atomic E-state index is 12.0. The van der Waals surface area contributed by atoms with Gasteiger partial charge in [-0.3, -0.25) is 9.59 Å². The highest BCUT2D eigenvalue weighted by molar-refractivity contribution is 7.07. The van der Waals surface area contributed by atoms with Crippen LogP contribution in [0, 0.1) is 0 Å². The van der Waals surface area contributed by atoms with E-state index >= 15 is 0 Å². The van der Waals surface area contributed by atoms with Crippen LogP contribution in [0.5, 0.6) is 0 Å². The average molecular weight is 373 g/mol. The van der Waals surface area contributed by atoms with Crippen LogP contribution in [0.1, 0.15) is 18.9 Å². The summed E-state index contributed by atoms with van der Waals surface area (Å²) in [5.41, 5.74) is 1.07. The van der Waals surface area contributed by atoms with Gasteiger partial charge in [-0.2, -0.15) is 11.3 Å². The number of hydrogen-bond donors (Lipinski definition) is 1. The first-order valence-corrected chi connectivity index (χ1v) is 8.48. The third-order valence-corrected chi connectivity index (χ3v) is 4.15. The number of aryl methyl sites for hydroxylation is 1. The molecule has 0 saturated carbocycles. The first-order chi connectivity index (χ1) is 11.0. The number of halogens is 2. The molecule has 0 radical (unpaired) electrons. The molecule has 0 aliphatic rings. The summed E-state index contributed by atoms with van der Waals surface area (Å²) in [5, 5.41) is 6.98. The average Bonchev–Trinajstić information content (AvgIpc) is 3.01. The molecule has 0 spiro atoms. The fourth-order valence-electron chi connectivity index (χ4n) is 1.72. The summed E-state index contributed by atoms with van der Waals surface area (Å²) in [6.07, 6.45) is 1.22. The Morgan fingerprint density at radius 1 is 1.43 bits per heavy atom.